The largest absolute Gasteiger partial charge is 0.325 e. The van der Waals surface area contributed by atoms with Gasteiger partial charge in [0.15, 0.2) is 0 Å². The Bertz CT molecular complexity index is 748. The van der Waals surface area contributed by atoms with Gasteiger partial charge in [-0.1, -0.05) is 30.8 Å². The van der Waals surface area contributed by atoms with Crippen molar-refractivity contribution in [2.75, 3.05) is 22.5 Å². The van der Waals surface area contributed by atoms with Crippen molar-refractivity contribution in [1.29, 1.82) is 0 Å². The van der Waals surface area contributed by atoms with Gasteiger partial charge < -0.3 is 5.32 Å². The molecule has 0 atom stereocenters. The molecule has 0 radical (unpaired) electrons. The van der Waals surface area contributed by atoms with Crippen molar-refractivity contribution >= 4 is 35.0 Å². The van der Waals surface area contributed by atoms with E-state index in [-0.39, 0.29) is 18.4 Å². The Kier molecular flexibility index (Phi) is 4.62. The molecule has 3 rings (SSSR count). The molecule has 2 aromatic rings. The van der Waals surface area contributed by atoms with Crippen LogP contribution in [0, 0.1) is 0 Å². The van der Waals surface area contributed by atoms with E-state index < -0.39 is 0 Å². The molecule has 0 fully saturated rings. The van der Waals surface area contributed by atoms with E-state index in [1.54, 1.807) is 12.3 Å². The van der Waals surface area contributed by atoms with Crippen molar-refractivity contribution in [1.82, 2.24) is 4.98 Å². The fourth-order valence-electron chi connectivity index (χ4n) is 2.43. The predicted octanol–water partition coefficient (Wildman–Crippen LogP) is 2.72. The minimum absolute atomic E-state index is 0.00552. The van der Waals surface area contributed by atoms with Crippen LogP contribution in [-0.4, -0.2) is 29.1 Å². The van der Waals surface area contributed by atoms with E-state index in [2.05, 4.69) is 17.2 Å². The number of rotatable bonds is 4. The Morgan fingerprint density at radius 1 is 1.35 bits per heavy atom. The maximum atomic E-state index is 12.3. The van der Waals surface area contributed by atoms with Gasteiger partial charge in [-0.3, -0.25) is 14.5 Å². The standard InChI is InChI=1S/C17H17N3O2S/c1-2-12-5-3-6-13(9-12)19-15(21)10-20-14-7-4-8-18-17(14)23-11-16(20)22/h3-9H,2,10-11H2,1H3,(H,19,21). The van der Waals surface area contributed by atoms with E-state index in [0.717, 1.165) is 22.7 Å². The Morgan fingerprint density at radius 3 is 3.04 bits per heavy atom. The second kappa shape index (κ2) is 6.83. The molecular weight excluding hydrogens is 310 g/mol. The highest BCUT2D eigenvalue weighted by molar-refractivity contribution is 8.00. The van der Waals surface area contributed by atoms with Gasteiger partial charge in [0.1, 0.15) is 11.6 Å². The summed E-state index contributed by atoms with van der Waals surface area (Å²) >= 11 is 1.40. The van der Waals surface area contributed by atoms with Crippen molar-refractivity contribution in [3.05, 3.63) is 48.2 Å². The zero-order valence-corrected chi connectivity index (χ0v) is 13.6. The van der Waals surface area contributed by atoms with Gasteiger partial charge in [0.05, 0.1) is 11.4 Å². The molecule has 2 amide bonds. The summed E-state index contributed by atoms with van der Waals surface area (Å²) in [4.78, 5) is 30.2. The quantitative estimate of drug-likeness (QED) is 0.938. The number of nitrogens with one attached hydrogen (secondary N) is 1. The number of amides is 2. The maximum absolute atomic E-state index is 12.3. The van der Waals surface area contributed by atoms with Gasteiger partial charge in [0.25, 0.3) is 0 Å². The van der Waals surface area contributed by atoms with Gasteiger partial charge >= 0.3 is 0 Å². The third kappa shape index (κ3) is 3.53. The topological polar surface area (TPSA) is 62.3 Å². The van der Waals surface area contributed by atoms with Crippen LogP contribution in [0.3, 0.4) is 0 Å². The molecule has 0 saturated heterocycles. The molecule has 1 aromatic heterocycles. The van der Waals surface area contributed by atoms with Gasteiger partial charge in [-0.05, 0) is 36.2 Å². The first-order valence-electron chi connectivity index (χ1n) is 7.44. The summed E-state index contributed by atoms with van der Waals surface area (Å²) in [6.45, 7) is 2.06. The number of aryl methyl sites for hydroxylation is 1. The van der Waals surface area contributed by atoms with E-state index >= 15 is 0 Å². The molecule has 2 heterocycles. The Hall–Kier alpha value is -2.34. The van der Waals surface area contributed by atoms with Crippen molar-refractivity contribution in [3.63, 3.8) is 0 Å². The molecule has 6 heteroatoms. The Balaban J connectivity index is 1.73. The van der Waals surface area contributed by atoms with Crippen LogP contribution in [-0.2, 0) is 16.0 Å². The fourth-order valence-corrected chi connectivity index (χ4v) is 3.31. The molecule has 0 bridgehead atoms. The SMILES string of the molecule is CCc1cccc(NC(=O)CN2C(=O)CSc3ncccc32)c1. The minimum atomic E-state index is -0.215. The monoisotopic (exact) mass is 327 g/mol. The van der Waals surface area contributed by atoms with Crippen molar-refractivity contribution < 1.29 is 9.59 Å². The number of fused-ring (bicyclic) bond motifs is 1. The lowest BCUT2D eigenvalue weighted by Crippen LogP contribution is -2.41. The Labute approximate surface area is 139 Å². The molecular formula is C17H17N3O2S. The summed E-state index contributed by atoms with van der Waals surface area (Å²) in [5.41, 5.74) is 2.61. The first-order chi connectivity index (χ1) is 11.2. The molecule has 0 spiro atoms. The van der Waals surface area contributed by atoms with Crippen LogP contribution >= 0.6 is 11.8 Å². The summed E-state index contributed by atoms with van der Waals surface area (Å²) in [6.07, 6.45) is 2.60. The number of pyridine rings is 1. The third-order valence-electron chi connectivity index (χ3n) is 3.60. The normalized spacial score (nSPS) is 13.6. The molecule has 5 nitrogen and oxygen atoms in total. The minimum Gasteiger partial charge on any atom is -0.325 e. The first-order valence-corrected chi connectivity index (χ1v) is 8.43. The van der Waals surface area contributed by atoms with Gasteiger partial charge in [0.2, 0.25) is 11.8 Å². The average Bonchev–Trinajstić information content (AvgIpc) is 2.57. The summed E-state index contributed by atoms with van der Waals surface area (Å²) in [6, 6.07) is 11.3. The number of nitrogens with zero attached hydrogens (tertiary/aromatic N) is 2. The zero-order valence-electron chi connectivity index (χ0n) is 12.8. The number of aromatic nitrogens is 1. The van der Waals surface area contributed by atoms with Crippen molar-refractivity contribution in [3.8, 4) is 0 Å². The maximum Gasteiger partial charge on any atom is 0.244 e. The van der Waals surface area contributed by atoms with Crippen LogP contribution in [0.15, 0.2) is 47.6 Å². The molecule has 118 valence electrons. The molecule has 1 aliphatic rings. The number of benzene rings is 1. The van der Waals surface area contributed by atoms with Crippen molar-refractivity contribution in [2.24, 2.45) is 0 Å². The summed E-state index contributed by atoms with van der Waals surface area (Å²) < 4.78 is 0. The van der Waals surface area contributed by atoms with Crippen LogP contribution in [0.4, 0.5) is 11.4 Å². The fraction of sp³-hybridized carbons (Fsp3) is 0.235. The number of carbonyl (C=O) groups excluding carboxylic acids is 2. The second-order valence-electron chi connectivity index (χ2n) is 5.20. The number of carbonyl (C=O) groups is 2. The highest BCUT2D eigenvalue weighted by atomic mass is 32.2. The third-order valence-corrected chi connectivity index (χ3v) is 4.58. The smallest absolute Gasteiger partial charge is 0.244 e. The molecule has 23 heavy (non-hydrogen) atoms. The van der Waals surface area contributed by atoms with Gasteiger partial charge in [-0.2, -0.15) is 0 Å². The molecule has 0 aliphatic carbocycles. The molecule has 0 unspecified atom stereocenters. The van der Waals surface area contributed by atoms with E-state index in [1.807, 2.05) is 30.3 Å². The van der Waals surface area contributed by atoms with Crippen LogP contribution in [0.25, 0.3) is 0 Å². The zero-order chi connectivity index (χ0) is 16.2. The number of thioether (sulfide) groups is 1. The number of hydrogen-bond acceptors (Lipinski definition) is 4. The average molecular weight is 327 g/mol. The van der Waals surface area contributed by atoms with Gasteiger partial charge in [-0.25, -0.2) is 4.98 Å². The van der Waals surface area contributed by atoms with Crippen LogP contribution in [0.1, 0.15) is 12.5 Å². The van der Waals surface area contributed by atoms with Crippen LogP contribution in [0.5, 0.6) is 0 Å². The summed E-state index contributed by atoms with van der Waals surface area (Å²) in [5, 5.41) is 3.64. The number of anilines is 2. The van der Waals surface area contributed by atoms with E-state index in [9.17, 15) is 9.59 Å². The molecule has 1 aromatic carbocycles. The highest BCUT2D eigenvalue weighted by Gasteiger charge is 2.27. The van der Waals surface area contributed by atoms with Crippen molar-refractivity contribution in [2.45, 2.75) is 18.4 Å². The second-order valence-corrected chi connectivity index (χ2v) is 6.16. The predicted molar refractivity (Wildman–Crippen MR) is 91.8 cm³/mol. The van der Waals surface area contributed by atoms with Gasteiger partial charge in [0, 0.05) is 11.9 Å². The first kappa shape index (κ1) is 15.6. The van der Waals surface area contributed by atoms with E-state index in [1.165, 1.54) is 16.7 Å². The lowest BCUT2D eigenvalue weighted by molar-refractivity contribution is -0.120. The van der Waals surface area contributed by atoms with E-state index in [4.69, 9.17) is 0 Å². The Morgan fingerprint density at radius 2 is 2.22 bits per heavy atom. The van der Waals surface area contributed by atoms with Crippen LogP contribution in [0.2, 0.25) is 0 Å². The molecule has 1 N–H and O–H groups in total. The number of hydrogen-bond donors (Lipinski definition) is 1. The lowest BCUT2D eigenvalue weighted by Gasteiger charge is -2.27. The molecule has 0 saturated carbocycles. The molecule has 1 aliphatic heterocycles. The summed E-state index contributed by atoms with van der Waals surface area (Å²) in [7, 11) is 0. The van der Waals surface area contributed by atoms with Gasteiger partial charge in [-0.15, -0.1) is 0 Å². The summed E-state index contributed by atoms with van der Waals surface area (Å²) in [5.74, 6) is 0.0177. The van der Waals surface area contributed by atoms with E-state index in [0.29, 0.717) is 11.4 Å². The lowest BCUT2D eigenvalue weighted by atomic mass is 10.1. The van der Waals surface area contributed by atoms with Crippen LogP contribution < -0.4 is 10.2 Å². The highest BCUT2D eigenvalue weighted by Crippen LogP contribution is 2.32.